The predicted molar refractivity (Wildman–Crippen MR) is 173 cm³/mol. The van der Waals surface area contributed by atoms with Gasteiger partial charge in [0.05, 0.1) is 52.7 Å². The third-order valence-corrected chi connectivity index (χ3v) is 9.64. The number of aromatic nitrogens is 2. The van der Waals surface area contributed by atoms with E-state index in [1.165, 1.54) is 18.4 Å². The molecule has 0 saturated carbocycles. The van der Waals surface area contributed by atoms with E-state index in [9.17, 15) is 9.59 Å². The monoisotopic (exact) mass is 703 g/mol. The van der Waals surface area contributed by atoms with Crippen LogP contribution in [0.15, 0.2) is 61.9 Å². The number of hydrogen-bond acceptors (Lipinski definition) is 7. The first-order valence-electron chi connectivity index (χ1n) is 13.3. The lowest BCUT2D eigenvalue weighted by atomic mass is 9.95. The summed E-state index contributed by atoms with van der Waals surface area (Å²) in [6.07, 6.45) is 1.85. The van der Waals surface area contributed by atoms with E-state index in [0.717, 1.165) is 22.6 Å². The van der Waals surface area contributed by atoms with Crippen LogP contribution in [-0.4, -0.2) is 35.9 Å². The lowest BCUT2D eigenvalue weighted by molar-refractivity contribution is -0.139. The predicted octanol–water partition coefficient (Wildman–Crippen LogP) is 6.29. The zero-order valence-corrected chi connectivity index (χ0v) is 28.2. The number of nitrogens with zero attached hydrogens (tertiary/aromatic N) is 3. The van der Waals surface area contributed by atoms with Gasteiger partial charge in [-0.05, 0) is 81.3 Å². The maximum absolute atomic E-state index is 14.2. The molecule has 3 heterocycles. The van der Waals surface area contributed by atoms with E-state index in [2.05, 4.69) is 25.5 Å². The van der Waals surface area contributed by atoms with Crippen LogP contribution in [0.2, 0.25) is 10.0 Å². The van der Waals surface area contributed by atoms with Crippen molar-refractivity contribution in [3.05, 3.63) is 104 Å². The van der Waals surface area contributed by atoms with Gasteiger partial charge in [-0.15, -0.1) is 0 Å². The van der Waals surface area contributed by atoms with Crippen molar-refractivity contribution < 1.29 is 19.0 Å². The quantitative estimate of drug-likeness (QED) is 0.211. The summed E-state index contributed by atoms with van der Waals surface area (Å²) in [4.78, 5) is 32.6. The molecule has 0 spiro atoms. The summed E-state index contributed by atoms with van der Waals surface area (Å²) >= 11 is 17.3. The topological polar surface area (TPSA) is 84.1 Å². The highest BCUT2D eigenvalue weighted by Gasteiger charge is 2.35. The highest BCUT2D eigenvalue weighted by molar-refractivity contribution is 9.10. The second kappa shape index (κ2) is 12.4. The number of ether oxygens (including phenoxy) is 3. The summed E-state index contributed by atoms with van der Waals surface area (Å²) in [5, 5.41) is 0.929. The van der Waals surface area contributed by atoms with Crippen molar-refractivity contribution in [2.75, 3.05) is 20.8 Å². The van der Waals surface area contributed by atoms with Crippen LogP contribution in [0, 0.1) is 13.8 Å². The summed E-state index contributed by atoms with van der Waals surface area (Å²) in [5.74, 6) is 0.409. The maximum Gasteiger partial charge on any atom is 0.338 e. The van der Waals surface area contributed by atoms with Gasteiger partial charge in [0.1, 0.15) is 0 Å². The molecule has 5 rings (SSSR count). The molecule has 1 atom stereocenters. The summed E-state index contributed by atoms with van der Waals surface area (Å²) in [5.41, 5.74) is 4.68. The van der Waals surface area contributed by atoms with E-state index in [4.69, 9.17) is 37.4 Å². The minimum Gasteiger partial charge on any atom is -0.493 e. The molecule has 0 fully saturated rings. The smallest absolute Gasteiger partial charge is 0.338 e. The fourth-order valence-electron chi connectivity index (χ4n) is 5.26. The van der Waals surface area contributed by atoms with E-state index in [0.29, 0.717) is 46.6 Å². The van der Waals surface area contributed by atoms with Crippen molar-refractivity contribution in [3.63, 3.8) is 0 Å². The van der Waals surface area contributed by atoms with Crippen molar-refractivity contribution >= 4 is 62.5 Å². The Bertz CT molecular complexity index is 1990. The number of halogens is 3. The Hall–Kier alpha value is -3.31. The fourth-order valence-corrected chi connectivity index (χ4v) is 7.13. The first kappa shape index (κ1) is 31.1. The molecule has 8 nitrogen and oxygen atoms in total. The molecule has 0 bridgehead atoms. The van der Waals surface area contributed by atoms with Gasteiger partial charge in [-0.25, -0.2) is 9.79 Å². The number of hydrogen-bond donors (Lipinski definition) is 0. The highest BCUT2D eigenvalue weighted by atomic mass is 79.9. The molecule has 1 aliphatic rings. The second-order valence-electron chi connectivity index (χ2n) is 9.79. The number of allylic oxidation sites excluding steroid dienone is 1. The molecule has 224 valence electrons. The number of rotatable bonds is 7. The maximum atomic E-state index is 14.2. The molecule has 0 radical (unpaired) electrons. The summed E-state index contributed by atoms with van der Waals surface area (Å²) in [7, 11) is 3.07. The van der Waals surface area contributed by atoms with E-state index in [1.54, 1.807) is 43.7 Å². The van der Waals surface area contributed by atoms with Crippen LogP contribution in [0.1, 0.15) is 42.4 Å². The first-order chi connectivity index (χ1) is 20.5. The Kier molecular flexibility index (Phi) is 8.94. The Morgan fingerprint density at radius 2 is 1.77 bits per heavy atom. The molecule has 0 unspecified atom stereocenters. The van der Waals surface area contributed by atoms with Gasteiger partial charge in [0, 0.05) is 21.5 Å². The molecular weight excluding hydrogens is 677 g/mol. The SMILES string of the molecule is CCOC(=O)C1=C(C)N=c2s/c(=C\c3cc(C)n(-c4ccc(Cl)c(Cl)c4)c3C)c(=O)n2[C@H]1c1cc(OC)c(OC)cc1Br. The van der Waals surface area contributed by atoms with Crippen LogP contribution >= 0.6 is 50.5 Å². The molecule has 43 heavy (non-hydrogen) atoms. The van der Waals surface area contributed by atoms with Gasteiger partial charge < -0.3 is 18.8 Å². The largest absolute Gasteiger partial charge is 0.493 e. The number of carbonyl (C=O) groups is 1. The standard InChI is InChI=1S/C31H28BrCl2N3O5S/c1-7-42-30(39)27-16(3)35-31-37(28(27)20-13-24(40-5)25(41-6)14-21(20)32)29(38)26(43-31)11-18-10-15(2)36(17(18)4)19-8-9-22(33)23(34)12-19/h8-14,28H,7H2,1-6H3/b26-11-/t28-/m0/s1. The molecule has 0 N–H and O–H groups in total. The van der Waals surface area contributed by atoms with Gasteiger partial charge in [-0.2, -0.15) is 0 Å². The Labute approximate surface area is 270 Å². The molecule has 4 aromatic rings. The van der Waals surface area contributed by atoms with Crippen LogP contribution in [0.25, 0.3) is 11.8 Å². The number of benzene rings is 2. The van der Waals surface area contributed by atoms with Crippen molar-refractivity contribution in [1.82, 2.24) is 9.13 Å². The summed E-state index contributed by atoms with van der Waals surface area (Å²) < 4.78 is 21.1. The van der Waals surface area contributed by atoms with Gasteiger partial charge in [0.2, 0.25) is 0 Å². The summed E-state index contributed by atoms with van der Waals surface area (Å²) in [6.45, 7) is 7.62. The fraction of sp³-hybridized carbons (Fsp3) is 0.258. The molecule has 0 amide bonds. The van der Waals surface area contributed by atoms with E-state index in [-0.39, 0.29) is 17.7 Å². The average Bonchev–Trinajstić information content (AvgIpc) is 3.42. The Balaban J connectivity index is 1.73. The minimum atomic E-state index is -0.824. The van der Waals surface area contributed by atoms with Gasteiger partial charge in [0.25, 0.3) is 5.56 Å². The van der Waals surface area contributed by atoms with Crippen molar-refractivity contribution in [3.8, 4) is 17.2 Å². The van der Waals surface area contributed by atoms with Gasteiger partial charge in [0.15, 0.2) is 16.3 Å². The molecular formula is C31H28BrCl2N3O5S. The van der Waals surface area contributed by atoms with Crippen LogP contribution in [0.5, 0.6) is 11.5 Å². The number of carbonyl (C=O) groups excluding carboxylic acids is 1. The van der Waals surface area contributed by atoms with E-state index < -0.39 is 12.0 Å². The second-order valence-corrected chi connectivity index (χ2v) is 12.5. The molecule has 0 saturated heterocycles. The number of esters is 1. The average molecular weight is 705 g/mol. The summed E-state index contributed by atoms with van der Waals surface area (Å²) in [6, 6.07) is 10.2. The van der Waals surface area contributed by atoms with Crippen LogP contribution in [0.4, 0.5) is 0 Å². The number of thiazole rings is 1. The van der Waals surface area contributed by atoms with Crippen LogP contribution < -0.4 is 24.4 Å². The first-order valence-corrected chi connectivity index (χ1v) is 15.6. The molecule has 0 aliphatic carbocycles. The third kappa shape index (κ3) is 5.57. The van der Waals surface area contributed by atoms with E-state index in [1.807, 2.05) is 38.1 Å². The number of aryl methyl sites for hydroxylation is 1. The molecule has 2 aromatic carbocycles. The molecule has 2 aromatic heterocycles. The Morgan fingerprint density at radius 1 is 1.07 bits per heavy atom. The zero-order chi connectivity index (χ0) is 31.2. The highest BCUT2D eigenvalue weighted by Crippen LogP contribution is 2.41. The van der Waals surface area contributed by atoms with Gasteiger partial charge in [-0.3, -0.25) is 9.36 Å². The van der Waals surface area contributed by atoms with E-state index >= 15 is 0 Å². The Morgan fingerprint density at radius 3 is 2.42 bits per heavy atom. The zero-order valence-electron chi connectivity index (χ0n) is 24.3. The van der Waals surface area contributed by atoms with Crippen molar-refractivity contribution in [2.24, 2.45) is 4.99 Å². The lowest BCUT2D eigenvalue weighted by Crippen LogP contribution is -2.40. The normalized spacial score (nSPS) is 14.9. The van der Waals surface area contributed by atoms with Crippen molar-refractivity contribution in [1.29, 1.82) is 0 Å². The number of fused-ring (bicyclic) bond motifs is 1. The van der Waals surface area contributed by atoms with Crippen LogP contribution in [-0.2, 0) is 9.53 Å². The van der Waals surface area contributed by atoms with Crippen LogP contribution in [0.3, 0.4) is 0 Å². The van der Waals surface area contributed by atoms with Crippen molar-refractivity contribution in [2.45, 2.75) is 33.7 Å². The number of methoxy groups -OCH3 is 2. The minimum absolute atomic E-state index is 0.175. The van der Waals surface area contributed by atoms with Gasteiger partial charge >= 0.3 is 5.97 Å². The lowest BCUT2D eigenvalue weighted by Gasteiger charge is -2.26. The molecule has 12 heteroatoms. The van der Waals surface area contributed by atoms with Gasteiger partial charge in [-0.1, -0.05) is 50.5 Å². The third-order valence-electron chi connectivity index (χ3n) is 7.23. The molecule has 1 aliphatic heterocycles.